The third-order valence-electron chi connectivity index (χ3n) is 7.49. The molecule has 1 atom stereocenters. The van der Waals surface area contributed by atoms with Crippen LogP contribution >= 0.6 is 0 Å². The Hall–Kier alpha value is -3.26. The highest BCUT2D eigenvalue weighted by molar-refractivity contribution is 5.99. The Bertz CT molecular complexity index is 1140. The van der Waals surface area contributed by atoms with Crippen LogP contribution in [0.1, 0.15) is 52.0 Å². The zero-order chi connectivity index (χ0) is 24.6. The average Bonchev–Trinajstić information content (AvgIpc) is 3.53. The summed E-state index contributed by atoms with van der Waals surface area (Å²) in [6.45, 7) is 4.00. The van der Waals surface area contributed by atoms with Crippen molar-refractivity contribution >= 4 is 17.7 Å². The highest BCUT2D eigenvalue weighted by Crippen LogP contribution is 2.39. The molecule has 3 aliphatic rings. The van der Waals surface area contributed by atoms with E-state index >= 15 is 0 Å². The number of carbonyl (C=O) groups excluding carboxylic acids is 3. The van der Waals surface area contributed by atoms with Gasteiger partial charge in [0.25, 0.3) is 11.8 Å². The second-order valence-corrected chi connectivity index (χ2v) is 9.57. The van der Waals surface area contributed by atoms with Crippen LogP contribution in [0.4, 0.5) is 4.39 Å². The summed E-state index contributed by atoms with van der Waals surface area (Å²) < 4.78 is 20.5. The molecule has 8 heteroatoms. The van der Waals surface area contributed by atoms with Crippen molar-refractivity contribution in [2.75, 3.05) is 32.8 Å². The number of aryl methyl sites for hydroxylation is 1. The number of amides is 3. The normalized spacial score (nSPS) is 21.5. The summed E-state index contributed by atoms with van der Waals surface area (Å²) >= 11 is 0. The first-order chi connectivity index (χ1) is 16.9. The number of piperidine rings is 1. The zero-order valence-corrected chi connectivity index (χ0v) is 19.9. The Labute approximate surface area is 204 Å². The lowest BCUT2D eigenvalue weighted by Gasteiger charge is -2.45. The Morgan fingerprint density at radius 3 is 2.14 bits per heavy atom. The topological polar surface area (TPSA) is 70.2 Å². The lowest BCUT2D eigenvalue weighted by Crippen LogP contribution is -2.60. The Morgan fingerprint density at radius 1 is 0.857 bits per heavy atom. The van der Waals surface area contributed by atoms with Gasteiger partial charge in [0.15, 0.2) is 0 Å². The molecule has 0 saturated carbocycles. The molecule has 2 aromatic rings. The number of likely N-dealkylation sites (tertiary alicyclic amines) is 2. The molecule has 3 fully saturated rings. The van der Waals surface area contributed by atoms with Gasteiger partial charge >= 0.3 is 0 Å². The number of hydrogen-bond acceptors (Lipinski definition) is 4. The van der Waals surface area contributed by atoms with Gasteiger partial charge in [0.1, 0.15) is 17.6 Å². The lowest BCUT2D eigenvalue weighted by molar-refractivity contribution is -0.136. The van der Waals surface area contributed by atoms with Crippen LogP contribution < -0.4 is 0 Å². The molecule has 3 heterocycles. The van der Waals surface area contributed by atoms with Crippen LogP contribution in [0, 0.1) is 12.7 Å². The second-order valence-electron chi connectivity index (χ2n) is 9.57. The predicted molar refractivity (Wildman–Crippen MR) is 127 cm³/mol. The largest absolute Gasteiger partial charge is 0.353 e. The molecule has 3 saturated heterocycles. The summed E-state index contributed by atoms with van der Waals surface area (Å²) in [6, 6.07) is 12.6. The number of halogens is 1. The fourth-order valence-electron chi connectivity index (χ4n) is 5.51. The van der Waals surface area contributed by atoms with Crippen LogP contribution in [-0.4, -0.2) is 77.0 Å². The van der Waals surface area contributed by atoms with Gasteiger partial charge in [-0.15, -0.1) is 0 Å². The summed E-state index contributed by atoms with van der Waals surface area (Å²) in [6.07, 6.45) is 2.63. The molecule has 0 bridgehead atoms. The summed E-state index contributed by atoms with van der Waals surface area (Å²) in [5.41, 5.74) is 0.428. The first kappa shape index (κ1) is 23.5. The fourth-order valence-corrected chi connectivity index (χ4v) is 5.51. The van der Waals surface area contributed by atoms with Gasteiger partial charge in [0.05, 0.1) is 12.2 Å². The van der Waals surface area contributed by atoms with Gasteiger partial charge in [-0.1, -0.05) is 30.3 Å². The maximum absolute atomic E-state index is 14.2. The van der Waals surface area contributed by atoms with Gasteiger partial charge in [0, 0.05) is 44.6 Å². The van der Waals surface area contributed by atoms with E-state index in [-0.39, 0.29) is 29.9 Å². The van der Waals surface area contributed by atoms with Crippen molar-refractivity contribution in [3.8, 4) is 0 Å². The Kier molecular flexibility index (Phi) is 6.32. The molecule has 1 spiro atoms. The smallest absolute Gasteiger partial charge is 0.257 e. The van der Waals surface area contributed by atoms with E-state index in [9.17, 15) is 18.8 Å². The monoisotopic (exact) mass is 479 g/mol. The van der Waals surface area contributed by atoms with E-state index in [4.69, 9.17) is 4.74 Å². The Morgan fingerprint density at radius 2 is 1.49 bits per heavy atom. The van der Waals surface area contributed by atoms with Crippen LogP contribution in [0.2, 0.25) is 0 Å². The van der Waals surface area contributed by atoms with Crippen molar-refractivity contribution in [1.29, 1.82) is 0 Å². The van der Waals surface area contributed by atoms with Gasteiger partial charge < -0.3 is 14.5 Å². The van der Waals surface area contributed by atoms with Crippen molar-refractivity contribution in [1.82, 2.24) is 14.7 Å². The predicted octanol–water partition coefficient (Wildman–Crippen LogP) is 3.23. The second kappa shape index (κ2) is 9.41. The van der Waals surface area contributed by atoms with Crippen molar-refractivity contribution < 1.29 is 23.5 Å². The summed E-state index contributed by atoms with van der Waals surface area (Å²) in [5.74, 6) is -1.24. The zero-order valence-electron chi connectivity index (χ0n) is 19.9. The maximum atomic E-state index is 14.2. The molecule has 2 aromatic carbocycles. The minimum Gasteiger partial charge on any atom is -0.353 e. The van der Waals surface area contributed by atoms with E-state index < -0.39 is 17.6 Å². The minimum absolute atomic E-state index is 0.0331. The van der Waals surface area contributed by atoms with Crippen molar-refractivity contribution in [2.24, 2.45) is 0 Å². The minimum atomic E-state index is -0.981. The van der Waals surface area contributed by atoms with Gasteiger partial charge in [-0.2, -0.15) is 0 Å². The highest BCUT2D eigenvalue weighted by atomic mass is 19.1. The van der Waals surface area contributed by atoms with Crippen LogP contribution in [0.3, 0.4) is 0 Å². The molecule has 35 heavy (non-hydrogen) atoms. The first-order valence-electron chi connectivity index (χ1n) is 12.3. The van der Waals surface area contributed by atoms with Gasteiger partial charge in [-0.05, 0) is 43.5 Å². The van der Waals surface area contributed by atoms with Gasteiger partial charge in [-0.25, -0.2) is 4.39 Å². The number of ether oxygens (including phenoxy) is 1. The van der Waals surface area contributed by atoms with E-state index in [1.165, 1.54) is 12.1 Å². The van der Waals surface area contributed by atoms with Crippen molar-refractivity contribution in [3.63, 3.8) is 0 Å². The van der Waals surface area contributed by atoms with E-state index in [1.54, 1.807) is 28.0 Å². The summed E-state index contributed by atoms with van der Waals surface area (Å²) in [5, 5.41) is 0. The number of hydrogen-bond donors (Lipinski definition) is 0. The molecule has 0 radical (unpaired) electrons. The van der Waals surface area contributed by atoms with E-state index in [0.717, 1.165) is 18.4 Å². The van der Waals surface area contributed by atoms with Crippen LogP contribution in [0.15, 0.2) is 48.5 Å². The maximum Gasteiger partial charge on any atom is 0.257 e. The summed E-state index contributed by atoms with van der Waals surface area (Å²) in [7, 11) is 0. The number of carbonyl (C=O) groups is 3. The molecule has 0 N–H and O–H groups in total. The first-order valence-corrected chi connectivity index (χ1v) is 12.3. The molecule has 0 aromatic heterocycles. The molecule has 0 aliphatic carbocycles. The molecule has 3 amide bonds. The SMILES string of the molecule is Cc1ccccc1C(=O)N1C(C(=O)N2CCCC2)COC12CCN(C(=O)c1ccccc1F)CC2. The average molecular weight is 480 g/mol. The van der Waals surface area contributed by atoms with Gasteiger partial charge in [-0.3, -0.25) is 19.3 Å². The molecule has 1 unspecified atom stereocenters. The third kappa shape index (κ3) is 4.20. The fraction of sp³-hybridized carbons (Fsp3) is 0.444. The Balaban J connectivity index is 1.41. The van der Waals surface area contributed by atoms with Crippen molar-refractivity contribution in [3.05, 3.63) is 71.0 Å². The quantitative estimate of drug-likeness (QED) is 0.678. The van der Waals surface area contributed by atoms with E-state index in [0.29, 0.717) is 44.6 Å². The number of nitrogens with zero attached hydrogens (tertiary/aromatic N) is 3. The number of benzene rings is 2. The van der Waals surface area contributed by atoms with Crippen molar-refractivity contribution in [2.45, 2.75) is 44.4 Å². The molecule has 7 nitrogen and oxygen atoms in total. The third-order valence-corrected chi connectivity index (χ3v) is 7.49. The molecule has 184 valence electrons. The van der Waals surface area contributed by atoms with Crippen LogP contribution in [-0.2, 0) is 9.53 Å². The molecule has 5 rings (SSSR count). The summed E-state index contributed by atoms with van der Waals surface area (Å²) in [4.78, 5) is 45.4. The van der Waals surface area contributed by atoms with Crippen LogP contribution in [0.25, 0.3) is 0 Å². The van der Waals surface area contributed by atoms with Gasteiger partial charge in [0.2, 0.25) is 5.91 Å². The molecular weight excluding hydrogens is 449 g/mol. The molecule has 3 aliphatic heterocycles. The lowest BCUT2D eigenvalue weighted by atomic mass is 9.95. The molecular formula is C27H30FN3O4. The number of rotatable bonds is 3. The highest BCUT2D eigenvalue weighted by Gasteiger charge is 2.55. The van der Waals surface area contributed by atoms with Crippen LogP contribution in [0.5, 0.6) is 0 Å². The van der Waals surface area contributed by atoms with E-state index in [2.05, 4.69) is 0 Å². The standard InChI is InChI=1S/C27H30FN3O4/c1-19-8-2-3-9-20(19)25(33)31-23(26(34)29-14-6-7-15-29)18-35-27(31)12-16-30(17-13-27)24(32)21-10-4-5-11-22(21)28/h2-5,8-11,23H,6-7,12-18H2,1H3. The van der Waals surface area contributed by atoms with E-state index in [1.807, 2.05) is 30.0 Å².